The van der Waals surface area contributed by atoms with Crippen molar-refractivity contribution >= 4 is 29.4 Å². The van der Waals surface area contributed by atoms with Crippen molar-refractivity contribution in [2.45, 2.75) is 76.4 Å². The summed E-state index contributed by atoms with van der Waals surface area (Å²) in [4.78, 5) is 63.9. The number of piperidine rings is 1. The SMILES string of the molecule is COC(=O)/C=C/CCC(NC(=O)C1CCCNC1)C(=O)Nc1cccn(CC(=O)NC2C3CC4CC(C3)CC2C4)c1=O. The Morgan fingerprint density at radius 3 is 2.52 bits per heavy atom. The Kier molecular flexibility index (Phi) is 9.76. The molecule has 2 unspecified atom stereocenters. The lowest BCUT2D eigenvalue weighted by molar-refractivity contribution is -0.135. The maximum absolute atomic E-state index is 13.3. The summed E-state index contributed by atoms with van der Waals surface area (Å²) >= 11 is 0. The summed E-state index contributed by atoms with van der Waals surface area (Å²) in [5, 5.41) is 11.9. The van der Waals surface area contributed by atoms with Gasteiger partial charge in [0.1, 0.15) is 18.3 Å². The molecular formula is C31H43N5O6. The first-order valence-corrected chi connectivity index (χ1v) is 15.4. The second-order valence-corrected chi connectivity index (χ2v) is 12.5. The predicted molar refractivity (Wildman–Crippen MR) is 156 cm³/mol. The zero-order valence-corrected chi connectivity index (χ0v) is 24.3. The molecule has 4 saturated carbocycles. The molecule has 6 rings (SSSR count). The highest BCUT2D eigenvalue weighted by Gasteiger charge is 2.48. The lowest BCUT2D eigenvalue weighted by Gasteiger charge is -2.54. The van der Waals surface area contributed by atoms with E-state index in [1.807, 2.05) is 0 Å². The number of esters is 1. The zero-order chi connectivity index (χ0) is 29.6. The lowest BCUT2D eigenvalue weighted by Crippen LogP contribution is -2.56. The number of pyridine rings is 1. The van der Waals surface area contributed by atoms with E-state index < -0.39 is 23.5 Å². The number of allylic oxidation sites excluding steroid dienone is 1. The molecule has 2 heterocycles. The number of ether oxygens (including phenoxy) is 1. The fourth-order valence-corrected chi connectivity index (χ4v) is 7.67. The third-order valence-electron chi connectivity index (χ3n) is 9.52. The largest absolute Gasteiger partial charge is 0.466 e. The fraction of sp³-hybridized carbons (Fsp3) is 0.645. The molecule has 228 valence electrons. The number of anilines is 1. The van der Waals surface area contributed by atoms with Crippen LogP contribution in [0.4, 0.5) is 5.69 Å². The minimum absolute atomic E-state index is 0.0357. The Balaban J connectivity index is 1.21. The molecule has 1 aromatic heterocycles. The van der Waals surface area contributed by atoms with Crippen LogP contribution >= 0.6 is 0 Å². The Morgan fingerprint density at radius 1 is 1.12 bits per heavy atom. The van der Waals surface area contributed by atoms with Crippen molar-refractivity contribution in [3.63, 3.8) is 0 Å². The van der Waals surface area contributed by atoms with Gasteiger partial charge in [-0.25, -0.2) is 4.79 Å². The molecular weight excluding hydrogens is 538 g/mol. The molecule has 5 fully saturated rings. The Hall–Kier alpha value is -3.47. The van der Waals surface area contributed by atoms with Gasteiger partial charge in [-0.15, -0.1) is 0 Å². The first-order valence-electron chi connectivity index (χ1n) is 15.4. The summed E-state index contributed by atoms with van der Waals surface area (Å²) in [5.41, 5.74) is -0.452. The number of hydrogen-bond acceptors (Lipinski definition) is 7. The van der Waals surface area contributed by atoms with E-state index in [1.165, 1.54) is 55.9 Å². The molecule has 11 nitrogen and oxygen atoms in total. The van der Waals surface area contributed by atoms with Gasteiger partial charge < -0.3 is 30.6 Å². The van der Waals surface area contributed by atoms with Crippen LogP contribution < -0.4 is 26.8 Å². The summed E-state index contributed by atoms with van der Waals surface area (Å²) < 4.78 is 5.91. The molecule has 1 aromatic rings. The maximum atomic E-state index is 13.3. The van der Waals surface area contributed by atoms with Crippen LogP contribution in [0.15, 0.2) is 35.3 Å². The zero-order valence-electron chi connectivity index (χ0n) is 24.3. The number of aromatic nitrogens is 1. The molecule has 0 radical (unpaired) electrons. The van der Waals surface area contributed by atoms with E-state index >= 15 is 0 Å². The van der Waals surface area contributed by atoms with Crippen molar-refractivity contribution in [2.75, 3.05) is 25.5 Å². The van der Waals surface area contributed by atoms with E-state index in [0.29, 0.717) is 24.8 Å². The number of methoxy groups -OCH3 is 1. The van der Waals surface area contributed by atoms with E-state index in [9.17, 15) is 24.0 Å². The van der Waals surface area contributed by atoms with Crippen LogP contribution in [0.5, 0.6) is 0 Å². The molecule has 1 aliphatic heterocycles. The number of carbonyl (C=O) groups is 4. The summed E-state index contributed by atoms with van der Waals surface area (Å²) in [5.74, 6) is 0.963. The topological polar surface area (TPSA) is 148 Å². The minimum Gasteiger partial charge on any atom is -0.466 e. The molecule has 5 aliphatic rings. The standard InChI is InChI=1S/C31H43N5O6/c1-42-27(38)9-3-2-7-24(33-29(39)21-6-4-10-32-17-21)30(40)34-25-8-5-11-36(31(25)41)18-26(37)35-28-22-13-19-12-20(15-22)16-23(28)14-19/h3,5,8-9,11,19-24,28,32H,2,4,6-7,10,12-18H2,1H3,(H,33,39)(H,34,40)(H,35,37)/b9-3+. The van der Waals surface area contributed by atoms with Gasteiger partial charge >= 0.3 is 5.97 Å². The predicted octanol–water partition coefficient (Wildman–Crippen LogP) is 1.72. The van der Waals surface area contributed by atoms with Crippen LogP contribution in [0.2, 0.25) is 0 Å². The van der Waals surface area contributed by atoms with Gasteiger partial charge in [-0.2, -0.15) is 0 Å². The summed E-state index contributed by atoms with van der Waals surface area (Å²) in [6.07, 6.45) is 12.6. The van der Waals surface area contributed by atoms with Gasteiger partial charge in [0, 0.05) is 24.9 Å². The molecule has 3 amide bonds. The molecule has 42 heavy (non-hydrogen) atoms. The second kappa shape index (κ2) is 13.7. The number of nitrogens with zero attached hydrogens (tertiary/aromatic N) is 1. The van der Waals surface area contributed by atoms with E-state index in [-0.39, 0.29) is 42.4 Å². The van der Waals surface area contributed by atoms with Gasteiger partial charge in [0.05, 0.1) is 13.0 Å². The van der Waals surface area contributed by atoms with E-state index in [1.54, 1.807) is 18.3 Å². The highest BCUT2D eigenvalue weighted by Crippen LogP contribution is 2.53. The molecule has 4 bridgehead atoms. The van der Waals surface area contributed by atoms with Crippen molar-refractivity contribution < 1.29 is 23.9 Å². The van der Waals surface area contributed by atoms with Gasteiger partial charge in [-0.1, -0.05) is 6.08 Å². The number of hydrogen-bond donors (Lipinski definition) is 4. The maximum Gasteiger partial charge on any atom is 0.330 e. The van der Waals surface area contributed by atoms with Crippen molar-refractivity contribution in [3.8, 4) is 0 Å². The molecule has 11 heteroatoms. The molecule has 0 aromatic carbocycles. The van der Waals surface area contributed by atoms with E-state index in [2.05, 4.69) is 26.0 Å². The fourth-order valence-electron chi connectivity index (χ4n) is 7.67. The van der Waals surface area contributed by atoms with Crippen LogP contribution in [0.3, 0.4) is 0 Å². The van der Waals surface area contributed by atoms with Crippen molar-refractivity contribution in [2.24, 2.45) is 29.6 Å². The minimum atomic E-state index is -0.921. The van der Waals surface area contributed by atoms with E-state index in [0.717, 1.165) is 31.2 Å². The van der Waals surface area contributed by atoms with Gasteiger partial charge in [0.25, 0.3) is 5.56 Å². The van der Waals surface area contributed by atoms with Crippen LogP contribution in [0, 0.1) is 29.6 Å². The third kappa shape index (κ3) is 7.29. The Bertz CT molecular complexity index is 1220. The quantitative estimate of drug-likeness (QED) is 0.230. The second-order valence-electron chi connectivity index (χ2n) is 12.5. The van der Waals surface area contributed by atoms with Crippen molar-refractivity contribution in [1.82, 2.24) is 20.5 Å². The average Bonchev–Trinajstić information content (AvgIpc) is 2.98. The monoisotopic (exact) mass is 581 g/mol. The normalized spacial score (nSPS) is 28.7. The van der Waals surface area contributed by atoms with Crippen LogP contribution in [0.1, 0.15) is 57.8 Å². The number of nitrogens with one attached hydrogen (secondary N) is 4. The van der Waals surface area contributed by atoms with Gasteiger partial charge in [0.2, 0.25) is 17.7 Å². The smallest absolute Gasteiger partial charge is 0.330 e. The third-order valence-corrected chi connectivity index (χ3v) is 9.52. The Morgan fingerprint density at radius 2 is 1.86 bits per heavy atom. The van der Waals surface area contributed by atoms with Crippen LogP contribution in [-0.4, -0.2) is 60.5 Å². The number of rotatable bonds is 11. The summed E-state index contributed by atoms with van der Waals surface area (Å²) in [7, 11) is 1.28. The number of amides is 3. The lowest BCUT2D eigenvalue weighted by atomic mass is 9.54. The average molecular weight is 582 g/mol. The Labute approximate surface area is 246 Å². The summed E-state index contributed by atoms with van der Waals surface area (Å²) in [6, 6.07) is 2.37. The van der Waals surface area contributed by atoms with Crippen LogP contribution in [-0.2, 0) is 30.5 Å². The van der Waals surface area contributed by atoms with Crippen molar-refractivity contribution in [1.29, 1.82) is 0 Å². The van der Waals surface area contributed by atoms with Gasteiger partial charge in [-0.3, -0.25) is 19.2 Å². The highest BCUT2D eigenvalue weighted by atomic mass is 16.5. The summed E-state index contributed by atoms with van der Waals surface area (Å²) in [6.45, 7) is 1.27. The number of carbonyl (C=O) groups excluding carboxylic acids is 4. The van der Waals surface area contributed by atoms with Crippen molar-refractivity contribution in [3.05, 3.63) is 40.8 Å². The first kappa shape index (κ1) is 30.0. The molecule has 4 N–H and O–H groups in total. The van der Waals surface area contributed by atoms with Gasteiger partial charge in [-0.05, 0) is 100 Å². The molecule has 0 spiro atoms. The van der Waals surface area contributed by atoms with Crippen LogP contribution in [0.25, 0.3) is 0 Å². The highest BCUT2D eigenvalue weighted by molar-refractivity contribution is 5.97. The van der Waals surface area contributed by atoms with E-state index in [4.69, 9.17) is 0 Å². The molecule has 1 saturated heterocycles. The van der Waals surface area contributed by atoms with Gasteiger partial charge in [0.15, 0.2) is 0 Å². The molecule has 2 atom stereocenters. The molecule has 4 aliphatic carbocycles. The first-order chi connectivity index (χ1) is 20.3.